The van der Waals surface area contributed by atoms with Gasteiger partial charge in [-0.3, -0.25) is 0 Å². The number of hydrogen-bond acceptors (Lipinski definition) is 3. The van der Waals surface area contributed by atoms with Crippen LogP contribution in [0.4, 0.5) is 9.18 Å². The van der Waals surface area contributed by atoms with Crippen LogP contribution in [0.25, 0.3) is 11.1 Å². The van der Waals surface area contributed by atoms with E-state index in [1.807, 2.05) is 32.0 Å². The maximum Gasteiger partial charge on any atom is 0.405 e. The smallest absolute Gasteiger partial charge is 0.405 e. The van der Waals surface area contributed by atoms with Gasteiger partial charge in [-0.1, -0.05) is 32.0 Å². The Labute approximate surface area is 140 Å². The van der Waals surface area contributed by atoms with Crippen LogP contribution in [0.5, 0.6) is 5.75 Å². The molecule has 2 N–H and O–H groups in total. The van der Waals surface area contributed by atoms with Gasteiger partial charge in [0.15, 0.2) is 0 Å². The van der Waals surface area contributed by atoms with Crippen LogP contribution in [0, 0.1) is 18.2 Å². The molecule has 2 aromatic rings. The number of fused-ring (bicyclic) bond motifs is 1. The molecule has 2 aromatic carbocycles. The van der Waals surface area contributed by atoms with E-state index in [0.29, 0.717) is 17.9 Å². The minimum Gasteiger partial charge on any atom is -0.492 e. The number of amides is 1. The minimum absolute atomic E-state index is 0.232. The second kappa shape index (κ2) is 5.82. The van der Waals surface area contributed by atoms with E-state index in [1.165, 1.54) is 6.07 Å². The first-order valence-electron chi connectivity index (χ1n) is 7.77. The number of rotatable bonds is 2. The first-order chi connectivity index (χ1) is 11.3. The third-order valence-electron chi connectivity index (χ3n) is 4.33. The molecule has 1 heterocycles. The van der Waals surface area contributed by atoms with Crippen molar-refractivity contribution in [3.63, 3.8) is 0 Å². The Hall–Kier alpha value is -2.56. The fraction of sp³-hybridized carbons (Fsp3) is 0.316. The molecule has 1 aliphatic heterocycles. The van der Waals surface area contributed by atoms with Crippen molar-refractivity contribution in [2.24, 2.45) is 11.1 Å². The van der Waals surface area contributed by atoms with E-state index < -0.39 is 12.2 Å². The van der Waals surface area contributed by atoms with Gasteiger partial charge in [-0.15, -0.1) is 0 Å². The molecule has 5 heteroatoms. The lowest BCUT2D eigenvalue weighted by atomic mass is 9.80. The normalized spacial score (nSPS) is 18.4. The van der Waals surface area contributed by atoms with Gasteiger partial charge in [0, 0.05) is 11.0 Å². The number of carbonyl (C=O) groups is 1. The molecule has 0 saturated carbocycles. The number of ether oxygens (including phenoxy) is 2. The molecule has 3 rings (SSSR count). The summed E-state index contributed by atoms with van der Waals surface area (Å²) in [5.41, 5.74) is 8.02. The summed E-state index contributed by atoms with van der Waals surface area (Å²) < 4.78 is 24.6. The number of primary amides is 1. The van der Waals surface area contributed by atoms with E-state index in [4.69, 9.17) is 15.2 Å². The van der Waals surface area contributed by atoms with E-state index in [0.717, 1.165) is 16.7 Å². The highest BCUT2D eigenvalue weighted by molar-refractivity contribution is 5.68. The molecule has 0 fully saturated rings. The Balaban J connectivity index is 2.02. The van der Waals surface area contributed by atoms with Crippen LogP contribution in [0.1, 0.15) is 31.1 Å². The summed E-state index contributed by atoms with van der Waals surface area (Å²) in [4.78, 5) is 11.2. The van der Waals surface area contributed by atoms with Gasteiger partial charge >= 0.3 is 6.09 Å². The first kappa shape index (κ1) is 16.3. The van der Waals surface area contributed by atoms with Crippen molar-refractivity contribution < 1.29 is 18.7 Å². The molecule has 1 aliphatic rings. The quantitative estimate of drug-likeness (QED) is 0.890. The molecular formula is C19H20FNO3. The van der Waals surface area contributed by atoms with Gasteiger partial charge in [0.1, 0.15) is 17.7 Å². The molecule has 1 atom stereocenters. The van der Waals surface area contributed by atoms with E-state index in [9.17, 15) is 9.18 Å². The van der Waals surface area contributed by atoms with Crippen molar-refractivity contribution in [1.82, 2.24) is 0 Å². The second-order valence-corrected chi connectivity index (χ2v) is 6.81. The molecule has 0 aromatic heterocycles. The molecule has 24 heavy (non-hydrogen) atoms. The van der Waals surface area contributed by atoms with Crippen LogP contribution < -0.4 is 10.5 Å². The maximum absolute atomic E-state index is 13.5. The van der Waals surface area contributed by atoms with Gasteiger partial charge in [-0.05, 0) is 41.8 Å². The number of carbonyl (C=O) groups excluding carboxylic acids is 1. The van der Waals surface area contributed by atoms with Gasteiger partial charge in [0.25, 0.3) is 0 Å². The second-order valence-electron chi connectivity index (χ2n) is 6.81. The Morgan fingerprint density at radius 1 is 1.25 bits per heavy atom. The predicted molar refractivity (Wildman–Crippen MR) is 89.3 cm³/mol. The fourth-order valence-corrected chi connectivity index (χ4v) is 2.98. The van der Waals surface area contributed by atoms with Crippen LogP contribution in [0.2, 0.25) is 0 Å². The molecule has 4 nitrogen and oxygen atoms in total. The van der Waals surface area contributed by atoms with E-state index in [-0.39, 0.29) is 11.2 Å². The van der Waals surface area contributed by atoms with Crippen LogP contribution >= 0.6 is 0 Å². The maximum atomic E-state index is 13.5. The van der Waals surface area contributed by atoms with Gasteiger partial charge in [-0.2, -0.15) is 0 Å². The van der Waals surface area contributed by atoms with Crippen LogP contribution in [0.3, 0.4) is 0 Å². The molecule has 0 bridgehead atoms. The topological polar surface area (TPSA) is 61.6 Å². The number of aryl methyl sites for hydroxylation is 1. The summed E-state index contributed by atoms with van der Waals surface area (Å²) in [7, 11) is 0. The molecule has 0 aliphatic carbocycles. The molecule has 0 radical (unpaired) electrons. The number of benzene rings is 2. The van der Waals surface area contributed by atoms with Crippen molar-refractivity contribution in [2.75, 3.05) is 6.61 Å². The Bertz CT molecular complexity index is 801. The van der Waals surface area contributed by atoms with E-state index in [2.05, 4.69) is 0 Å². The summed E-state index contributed by atoms with van der Waals surface area (Å²) in [5, 5.41) is 0. The van der Waals surface area contributed by atoms with Crippen molar-refractivity contribution in [3.05, 3.63) is 53.3 Å². The zero-order chi connectivity index (χ0) is 17.5. The van der Waals surface area contributed by atoms with Crippen LogP contribution in [-0.4, -0.2) is 12.7 Å². The lowest BCUT2D eigenvalue weighted by Gasteiger charge is -2.38. The lowest BCUT2D eigenvalue weighted by Crippen LogP contribution is -2.37. The first-order valence-corrected chi connectivity index (χ1v) is 7.77. The number of hydrogen-bond donors (Lipinski definition) is 1. The highest BCUT2D eigenvalue weighted by atomic mass is 19.1. The van der Waals surface area contributed by atoms with Gasteiger partial charge in [0.05, 0.1) is 6.61 Å². The molecule has 1 unspecified atom stereocenters. The third kappa shape index (κ3) is 2.94. The van der Waals surface area contributed by atoms with Crippen molar-refractivity contribution in [2.45, 2.75) is 26.9 Å². The minimum atomic E-state index is -0.806. The van der Waals surface area contributed by atoms with Crippen molar-refractivity contribution >= 4 is 6.09 Å². The summed E-state index contributed by atoms with van der Waals surface area (Å²) in [6.07, 6.45) is -1.28. The summed E-state index contributed by atoms with van der Waals surface area (Å²) >= 11 is 0. The Morgan fingerprint density at radius 2 is 1.92 bits per heavy atom. The van der Waals surface area contributed by atoms with E-state index in [1.54, 1.807) is 19.1 Å². The van der Waals surface area contributed by atoms with E-state index >= 15 is 0 Å². The zero-order valence-corrected chi connectivity index (χ0v) is 13.9. The monoisotopic (exact) mass is 329 g/mol. The largest absolute Gasteiger partial charge is 0.492 e. The Kier molecular flexibility index (Phi) is 3.95. The Morgan fingerprint density at radius 3 is 2.58 bits per heavy atom. The van der Waals surface area contributed by atoms with Crippen LogP contribution in [0.15, 0.2) is 36.4 Å². The summed E-state index contributed by atoms with van der Waals surface area (Å²) in [6, 6.07) is 10.6. The average Bonchev–Trinajstić information content (AvgIpc) is 2.52. The standard InChI is InChI=1S/C19H20FNO3/c1-11-8-12(5-7-15(11)20)13-4-6-14-16(9-13)23-10-19(2,3)17(14)24-18(21)22/h4-9,17H,10H2,1-3H3,(H2,21,22). The molecule has 0 spiro atoms. The SMILES string of the molecule is Cc1cc(-c2ccc3c(c2)OCC(C)(C)C3OC(N)=O)ccc1F. The van der Waals surface area contributed by atoms with Gasteiger partial charge in [-0.25, -0.2) is 9.18 Å². The molecule has 1 amide bonds. The third-order valence-corrected chi connectivity index (χ3v) is 4.33. The van der Waals surface area contributed by atoms with Crippen molar-refractivity contribution in [1.29, 1.82) is 0 Å². The predicted octanol–water partition coefficient (Wildman–Crippen LogP) is 4.36. The summed E-state index contributed by atoms with van der Waals surface area (Å²) in [5.74, 6) is 0.421. The number of nitrogens with two attached hydrogens (primary N) is 1. The molecule has 126 valence electrons. The molecule has 0 saturated heterocycles. The summed E-state index contributed by atoms with van der Waals surface area (Å²) in [6.45, 7) is 6.05. The molecular weight excluding hydrogens is 309 g/mol. The average molecular weight is 329 g/mol. The van der Waals surface area contributed by atoms with Gasteiger partial charge < -0.3 is 15.2 Å². The van der Waals surface area contributed by atoms with Gasteiger partial charge in [0.2, 0.25) is 0 Å². The van der Waals surface area contributed by atoms with Crippen LogP contribution in [-0.2, 0) is 4.74 Å². The van der Waals surface area contributed by atoms with Crippen molar-refractivity contribution in [3.8, 4) is 16.9 Å². The number of halogens is 1. The highest BCUT2D eigenvalue weighted by Gasteiger charge is 2.40. The zero-order valence-electron chi connectivity index (χ0n) is 13.9. The lowest BCUT2D eigenvalue weighted by molar-refractivity contribution is -0.0176. The fourth-order valence-electron chi connectivity index (χ4n) is 2.98. The highest BCUT2D eigenvalue weighted by Crippen LogP contribution is 2.46.